The molecule has 2 aliphatic heterocycles. The number of nitrogens with zero attached hydrogens (tertiary/aromatic N) is 4. The van der Waals surface area contributed by atoms with Gasteiger partial charge in [0.25, 0.3) is 0 Å². The molecule has 5 heterocycles. The van der Waals surface area contributed by atoms with Crippen LogP contribution in [0.2, 0.25) is 0 Å². The van der Waals surface area contributed by atoms with E-state index in [1.807, 2.05) is 18.2 Å². The van der Waals surface area contributed by atoms with Crippen LogP contribution in [0.4, 0.5) is 5.82 Å². The molecule has 4 N–H and O–H groups in total. The van der Waals surface area contributed by atoms with E-state index in [-0.39, 0.29) is 6.61 Å². The van der Waals surface area contributed by atoms with E-state index in [9.17, 15) is 5.11 Å². The third-order valence-corrected chi connectivity index (χ3v) is 5.71. The van der Waals surface area contributed by atoms with Crippen LogP contribution in [0.15, 0.2) is 30.6 Å². The second-order valence-electron chi connectivity index (χ2n) is 7.40. The number of nitrogens with two attached hydrogens (primary N) is 1. The summed E-state index contributed by atoms with van der Waals surface area (Å²) in [6, 6.07) is 6.95. The first-order valence-electron chi connectivity index (χ1n) is 9.17. The standard InChI is InChI=1S/C19H22N6O/c20-18-7-17(12-5-13-3-4-14(6-12)23-13)24-19-16(9-22-25(18)19)11-1-2-15(10-26)21-8-11/h1-2,7-9,12-14,23,26H,3-6,10,20H2/t12-,13-,14+. The summed E-state index contributed by atoms with van der Waals surface area (Å²) in [7, 11) is 0. The lowest BCUT2D eigenvalue weighted by molar-refractivity contribution is 0.277. The number of hydrogen-bond donors (Lipinski definition) is 3. The Hall–Kier alpha value is -2.51. The first-order valence-corrected chi connectivity index (χ1v) is 9.17. The molecular formula is C19H22N6O. The summed E-state index contributed by atoms with van der Waals surface area (Å²) in [5.74, 6) is 1.06. The highest BCUT2D eigenvalue weighted by Crippen LogP contribution is 2.37. The monoisotopic (exact) mass is 350 g/mol. The molecule has 3 aromatic rings. The van der Waals surface area contributed by atoms with Crippen LogP contribution in [0.5, 0.6) is 0 Å². The van der Waals surface area contributed by atoms with Crippen LogP contribution in [0, 0.1) is 0 Å². The molecule has 5 rings (SSSR count). The minimum absolute atomic E-state index is 0.0670. The normalized spacial score (nSPS) is 25.0. The fourth-order valence-electron chi connectivity index (χ4n) is 4.39. The molecule has 2 bridgehead atoms. The number of hydrogen-bond acceptors (Lipinski definition) is 6. The van der Waals surface area contributed by atoms with E-state index in [1.165, 1.54) is 12.8 Å². The topological polar surface area (TPSA) is 101 Å². The Kier molecular flexibility index (Phi) is 3.65. The van der Waals surface area contributed by atoms with Crippen molar-refractivity contribution in [3.05, 3.63) is 42.0 Å². The molecule has 3 atom stereocenters. The molecule has 0 unspecified atom stereocenters. The van der Waals surface area contributed by atoms with Crippen molar-refractivity contribution >= 4 is 11.5 Å². The number of rotatable bonds is 3. The summed E-state index contributed by atoms with van der Waals surface area (Å²) in [5, 5.41) is 17.3. The summed E-state index contributed by atoms with van der Waals surface area (Å²) in [6.07, 6.45) is 8.30. The van der Waals surface area contributed by atoms with Gasteiger partial charge in [-0.05, 0) is 31.7 Å². The second-order valence-corrected chi connectivity index (χ2v) is 7.40. The summed E-state index contributed by atoms with van der Waals surface area (Å²) in [6.45, 7) is -0.0670. The van der Waals surface area contributed by atoms with Gasteiger partial charge >= 0.3 is 0 Å². The predicted molar refractivity (Wildman–Crippen MR) is 98.5 cm³/mol. The number of fused-ring (bicyclic) bond motifs is 3. The van der Waals surface area contributed by atoms with E-state index in [1.54, 1.807) is 16.9 Å². The number of aliphatic hydroxyl groups excluding tert-OH is 1. The minimum atomic E-state index is -0.0670. The number of aliphatic hydroxyl groups is 1. The molecule has 26 heavy (non-hydrogen) atoms. The van der Waals surface area contributed by atoms with Crippen LogP contribution in [0.25, 0.3) is 16.8 Å². The number of piperidine rings is 1. The molecule has 0 aliphatic carbocycles. The second kappa shape index (κ2) is 6.03. The van der Waals surface area contributed by atoms with Gasteiger partial charge in [0.15, 0.2) is 5.65 Å². The smallest absolute Gasteiger partial charge is 0.165 e. The zero-order chi connectivity index (χ0) is 17.7. The van der Waals surface area contributed by atoms with Gasteiger partial charge < -0.3 is 16.2 Å². The quantitative estimate of drug-likeness (QED) is 0.666. The number of pyridine rings is 1. The Balaban J connectivity index is 1.57. The molecule has 134 valence electrons. The minimum Gasteiger partial charge on any atom is -0.390 e. The van der Waals surface area contributed by atoms with Crippen LogP contribution in [-0.2, 0) is 6.61 Å². The van der Waals surface area contributed by atoms with Crippen LogP contribution < -0.4 is 11.1 Å². The van der Waals surface area contributed by atoms with Gasteiger partial charge in [0.1, 0.15) is 5.82 Å². The van der Waals surface area contributed by atoms with Crippen molar-refractivity contribution in [1.82, 2.24) is 24.9 Å². The molecule has 2 aliphatic rings. The van der Waals surface area contributed by atoms with E-state index in [0.29, 0.717) is 29.5 Å². The summed E-state index contributed by atoms with van der Waals surface area (Å²) in [4.78, 5) is 9.22. The lowest BCUT2D eigenvalue weighted by Crippen LogP contribution is -2.37. The maximum absolute atomic E-state index is 9.18. The fraction of sp³-hybridized carbons (Fsp3) is 0.421. The van der Waals surface area contributed by atoms with Gasteiger partial charge in [-0.3, -0.25) is 4.98 Å². The van der Waals surface area contributed by atoms with Gasteiger partial charge in [-0.1, -0.05) is 6.07 Å². The van der Waals surface area contributed by atoms with Crippen molar-refractivity contribution in [2.75, 3.05) is 5.73 Å². The zero-order valence-corrected chi connectivity index (χ0v) is 14.5. The highest BCUT2D eigenvalue weighted by atomic mass is 16.3. The van der Waals surface area contributed by atoms with Crippen molar-refractivity contribution in [3.63, 3.8) is 0 Å². The number of anilines is 1. The third kappa shape index (κ3) is 2.55. The number of aromatic nitrogens is 4. The van der Waals surface area contributed by atoms with Crippen LogP contribution in [-0.4, -0.2) is 36.8 Å². The maximum atomic E-state index is 9.18. The molecule has 2 fully saturated rings. The van der Waals surface area contributed by atoms with E-state index in [0.717, 1.165) is 35.3 Å². The maximum Gasteiger partial charge on any atom is 0.165 e. The molecule has 3 aromatic heterocycles. The molecular weight excluding hydrogens is 328 g/mol. The third-order valence-electron chi connectivity index (χ3n) is 5.71. The summed E-state index contributed by atoms with van der Waals surface area (Å²) >= 11 is 0. The molecule has 0 saturated carbocycles. The predicted octanol–water partition coefficient (Wildman–Crippen LogP) is 1.86. The van der Waals surface area contributed by atoms with Crippen molar-refractivity contribution < 1.29 is 5.11 Å². The molecule has 0 aromatic carbocycles. The van der Waals surface area contributed by atoms with Crippen molar-refractivity contribution in [2.24, 2.45) is 0 Å². The first-order chi connectivity index (χ1) is 12.7. The first kappa shape index (κ1) is 15.7. The van der Waals surface area contributed by atoms with Gasteiger partial charge in [-0.15, -0.1) is 0 Å². The Bertz CT molecular complexity index is 939. The van der Waals surface area contributed by atoms with Crippen molar-refractivity contribution in [1.29, 1.82) is 0 Å². The van der Waals surface area contributed by atoms with E-state index in [2.05, 4.69) is 15.4 Å². The van der Waals surface area contributed by atoms with Gasteiger partial charge in [-0.2, -0.15) is 9.61 Å². The van der Waals surface area contributed by atoms with Crippen LogP contribution in [0.1, 0.15) is 43.0 Å². The molecule has 2 saturated heterocycles. The largest absolute Gasteiger partial charge is 0.390 e. The fourth-order valence-corrected chi connectivity index (χ4v) is 4.39. The Labute approximate surface area is 151 Å². The van der Waals surface area contributed by atoms with E-state index >= 15 is 0 Å². The van der Waals surface area contributed by atoms with Crippen molar-refractivity contribution in [3.8, 4) is 11.1 Å². The van der Waals surface area contributed by atoms with Crippen LogP contribution >= 0.6 is 0 Å². The lowest BCUT2D eigenvalue weighted by atomic mass is 9.89. The SMILES string of the molecule is Nc1cc([C@@H]2C[C@H]3CC[C@@H](C2)N3)nc2c(-c3ccc(CO)nc3)cnn12. The Morgan fingerprint density at radius 3 is 2.69 bits per heavy atom. The summed E-state index contributed by atoms with van der Waals surface area (Å²) in [5.41, 5.74) is 10.6. The lowest BCUT2D eigenvalue weighted by Gasteiger charge is -2.28. The van der Waals surface area contributed by atoms with Crippen molar-refractivity contribution in [2.45, 2.75) is 50.3 Å². The average Bonchev–Trinajstić information content (AvgIpc) is 3.25. The zero-order valence-electron chi connectivity index (χ0n) is 14.5. The van der Waals surface area contributed by atoms with E-state index in [4.69, 9.17) is 10.7 Å². The number of nitrogens with one attached hydrogen (secondary N) is 1. The van der Waals surface area contributed by atoms with E-state index < -0.39 is 0 Å². The van der Waals surface area contributed by atoms with Gasteiger partial charge in [0.2, 0.25) is 0 Å². The van der Waals surface area contributed by atoms with Crippen LogP contribution in [0.3, 0.4) is 0 Å². The van der Waals surface area contributed by atoms with Gasteiger partial charge in [-0.25, -0.2) is 4.98 Å². The molecule has 0 spiro atoms. The highest BCUT2D eigenvalue weighted by molar-refractivity contribution is 5.77. The highest BCUT2D eigenvalue weighted by Gasteiger charge is 2.35. The average molecular weight is 350 g/mol. The van der Waals surface area contributed by atoms with Gasteiger partial charge in [0, 0.05) is 47.1 Å². The molecule has 7 nitrogen and oxygen atoms in total. The Morgan fingerprint density at radius 2 is 2.00 bits per heavy atom. The van der Waals surface area contributed by atoms with Gasteiger partial charge in [0.05, 0.1) is 18.5 Å². The summed E-state index contributed by atoms with van der Waals surface area (Å²) < 4.78 is 1.69. The number of nitrogen functional groups attached to an aromatic ring is 1. The molecule has 0 radical (unpaired) electrons. The molecule has 7 heteroatoms. The molecule has 0 amide bonds. The Morgan fingerprint density at radius 1 is 1.19 bits per heavy atom.